The molecule has 0 radical (unpaired) electrons. The van der Waals surface area contributed by atoms with Crippen LogP contribution in [-0.4, -0.2) is 25.4 Å². The van der Waals surface area contributed by atoms with E-state index in [0.717, 1.165) is 0 Å². The molecule has 21 heavy (non-hydrogen) atoms. The van der Waals surface area contributed by atoms with E-state index in [-0.39, 0.29) is 12.2 Å². The molecule has 1 aliphatic rings. The molecule has 3 nitrogen and oxygen atoms in total. The van der Waals surface area contributed by atoms with Crippen molar-refractivity contribution in [3.63, 3.8) is 0 Å². The van der Waals surface area contributed by atoms with Crippen molar-refractivity contribution in [2.24, 2.45) is 0 Å². The summed E-state index contributed by atoms with van der Waals surface area (Å²) in [7, 11) is 0. The Balaban J connectivity index is 1.27. The number of hydrogen-bond donors (Lipinski definition) is 0. The maximum absolute atomic E-state index is 5.66. The lowest BCUT2D eigenvalue weighted by atomic mass is 10.2. The molecule has 0 N–H and O–H groups in total. The van der Waals surface area contributed by atoms with Crippen LogP contribution in [0.4, 0.5) is 0 Å². The van der Waals surface area contributed by atoms with Crippen LogP contribution in [0.5, 0.6) is 0 Å². The average Bonchev–Trinajstić information content (AvgIpc) is 3.28. The lowest BCUT2D eigenvalue weighted by Gasteiger charge is -2.03. The summed E-state index contributed by atoms with van der Waals surface area (Å²) in [6.07, 6.45) is 0.369. The van der Waals surface area contributed by atoms with E-state index in [0.29, 0.717) is 26.4 Å². The van der Waals surface area contributed by atoms with Crippen LogP contribution >= 0.6 is 0 Å². The van der Waals surface area contributed by atoms with Gasteiger partial charge in [-0.15, -0.1) is 0 Å². The molecule has 2 atom stereocenters. The van der Waals surface area contributed by atoms with E-state index in [1.165, 1.54) is 11.1 Å². The number of hydrogen-bond acceptors (Lipinski definition) is 3. The van der Waals surface area contributed by atoms with Crippen LogP contribution in [0, 0.1) is 0 Å². The summed E-state index contributed by atoms with van der Waals surface area (Å²) in [6.45, 7) is 2.54. The predicted molar refractivity (Wildman–Crippen MR) is 80.9 cm³/mol. The van der Waals surface area contributed by atoms with Crippen molar-refractivity contribution < 1.29 is 14.2 Å². The van der Waals surface area contributed by atoms with Crippen molar-refractivity contribution in [3.05, 3.63) is 71.8 Å². The van der Waals surface area contributed by atoms with Gasteiger partial charge in [0.05, 0.1) is 26.4 Å². The first-order valence-corrected chi connectivity index (χ1v) is 7.30. The molecule has 0 unspecified atom stereocenters. The number of epoxide rings is 1. The Hall–Kier alpha value is -1.68. The molecule has 3 heteroatoms. The lowest BCUT2D eigenvalue weighted by Crippen LogP contribution is -2.09. The molecule has 0 aromatic heterocycles. The molecule has 110 valence electrons. The average molecular weight is 284 g/mol. The van der Waals surface area contributed by atoms with Crippen molar-refractivity contribution in [2.45, 2.75) is 25.4 Å². The van der Waals surface area contributed by atoms with Crippen molar-refractivity contribution in [3.8, 4) is 0 Å². The highest BCUT2D eigenvalue weighted by Gasteiger charge is 2.38. The Morgan fingerprint density at radius 2 is 1.10 bits per heavy atom. The van der Waals surface area contributed by atoms with Crippen LogP contribution in [0.25, 0.3) is 0 Å². The van der Waals surface area contributed by atoms with E-state index < -0.39 is 0 Å². The first-order chi connectivity index (χ1) is 10.4. The highest BCUT2D eigenvalue weighted by molar-refractivity contribution is 5.14. The Kier molecular flexibility index (Phi) is 5.00. The van der Waals surface area contributed by atoms with E-state index in [1.807, 2.05) is 36.4 Å². The molecule has 1 saturated heterocycles. The summed E-state index contributed by atoms with van der Waals surface area (Å²) in [5.74, 6) is 0. The standard InChI is InChI=1S/C18H20O3/c1-3-7-15(8-4-1)11-19-13-17-18(21-17)14-20-12-16-9-5-2-6-10-16/h1-10,17-18H,11-14H2/t17-,18-/m1/s1. The van der Waals surface area contributed by atoms with Gasteiger partial charge >= 0.3 is 0 Å². The van der Waals surface area contributed by atoms with Crippen LogP contribution in [0.15, 0.2) is 60.7 Å². The molecule has 1 fully saturated rings. The van der Waals surface area contributed by atoms with Crippen LogP contribution in [0.2, 0.25) is 0 Å². The van der Waals surface area contributed by atoms with E-state index in [2.05, 4.69) is 24.3 Å². The van der Waals surface area contributed by atoms with Crippen molar-refractivity contribution in [2.75, 3.05) is 13.2 Å². The summed E-state index contributed by atoms with van der Waals surface area (Å²) < 4.78 is 16.9. The molecule has 1 heterocycles. The fourth-order valence-electron chi connectivity index (χ4n) is 2.21. The maximum Gasteiger partial charge on any atom is 0.110 e. The van der Waals surface area contributed by atoms with Gasteiger partial charge in [-0.05, 0) is 11.1 Å². The monoisotopic (exact) mass is 284 g/mol. The molecule has 0 amide bonds. The van der Waals surface area contributed by atoms with Gasteiger partial charge in [0.1, 0.15) is 12.2 Å². The van der Waals surface area contributed by atoms with E-state index in [9.17, 15) is 0 Å². The molecule has 1 aliphatic heterocycles. The third kappa shape index (κ3) is 4.67. The SMILES string of the molecule is c1ccc(COC[C@H]2O[C@@H]2COCc2ccccc2)cc1. The first kappa shape index (κ1) is 14.3. The Bertz CT molecular complexity index is 477. The molecule has 0 saturated carbocycles. The van der Waals surface area contributed by atoms with Gasteiger partial charge in [0, 0.05) is 0 Å². The Morgan fingerprint density at radius 1 is 0.667 bits per heavy atom. The third-order valence-electron chi connectivity index (χ3n) is 3.47. The highest BCUT2D eigenvalue weighted by Crippen LogP contribution is 2.23. The van der Waals surface area contributed by atoms with Gasteiger partial charge < -0.3 is 14.2 Å². The highest BCUT2D eigenvalue weighted by atomic mass is 16.6. The van der Waals surface area contributed by atoms with Gasteiger partial charge in [-0.3, -0.25) is 0 Å². The zero-order valence-electron chi connectivity index (χ0n) is 12.0. The zero-order chi connectivity index (χ0) is 14.3. The van der Waals surface area contributed by atoms with Crippen LogP contribution in [0.3, 0.4) is 0 Å². The maximum atomic E-state index is 5.66. The largest absolute Gasteiger partial charge is 0.374 e. The second-order valence-corrected chi connectivity index (χ2v) is 5.21. The molecule has 0 aliphatic carbocycles. The summed E-state index contributed by atoms with van der Waals surface area (Å²) in [4.78, 5) is 0. The zero-order valence-corrected chi connectivity index (χ0v) is 12.0. The quantitative estimate of drug-likeness (QED) is 0.698. The van der Waals surface area contributed by atoms with Gasteiger partial charge in [-0.1, -0.05) is 60.7 Å². The number of benzene rings is 2. The van der Waals surface area contributed by atoms with Crippen molar-refractivity contribution >= 4 is 0 Å². The molecular formula is C18H20O3. The smallest absolute Gasteiger partial charge is 0.110 e. The van der Waals surface area contributed by atoms with Crippen molar-refractivity contribution in [1.29, 1.82) is 0 Å². The molecule has 2 aromatic carbocycles. The topological polar surface area (TPSA) is 31.0 Å². The molecule has 0 spiro atoms. The summed E-state index contributed by atoms with van der Waals surface area (Å²) in [5, 5.41) is 0. The van der Waals surface area contributed by atoms with Crippen LogP contribution in [-0.2, 0) is 27.4 Å². The molecular weight excluding hydrogens is 264 g/mol. The van der Waals surface area contributed by atoms with Crippen molar-refractivity contribution in [1.82, 2.24) is 0 Å². The second-order valence-electron chi connectivity index (χ2n) is 5.21. The minimum atomic E-state index is 0.185. The minimum absolute atomic E-state index is 0.185. The molecule has 0 bridgehead atoms. The van der Waals surface area contributed by atoms with Gasteiger partial charge in [0.15, 0.2) is 0 Å². The first-order valence-electron chi connectivity index (χ1n) is 7.30. The van der Waals surface area contributed by atoms with Gasteiger partial charge in [0.2, 0.25) is 0 Å². The Labute approximate surface area is 125 Å². The van der Waals surface area contributed by atoms with Gasteiger partial charge in [-0.25, -0.2) is 0 Å². The molecule has 2 aromatic rings. The second kappa shape index (κ2) is 7.36. The number of ether oxygens (including phenoxy) is 3. The van der Waals surface area contributed by atoms with Gasteiger partial charge in [-0.2, -0.15) is 0 Å². The van der Waals surface area contributed by atoms with E-state index >= 15 is 0 Å². The van der Waals surface area contributed by atoms with Crippen LogP contribution < -0.4 is 0 Å². The fourth-order valence-corrected chi connectivity index (χ4v) is 2.21. The minimum Gasteiger partial charge on any atom is -0.374 e. The fraction of sp³-hybridized carbons (Fsp3) is 0.333. The third-order valence-corrected chi connectivity index (χ3v) is 3.47. The van der Waals surface area contributed by atoms with Crippen LogP contribution in [0.1, 0.15) is 11.1 Å². The summed E-state index contributed by atoms with van der Waals surface area (Å²) in [5.41, 5.74) is 2.38. The predicted octanol–water partition coefficient (Wildman–Crippen LogP) is 3.19. The number of rotatable bonds is 8. The molecule has 3 rings (SSSR count). The lowest BCUT2D eigenvalue weighted by molar-refractivity contribution is 0.103. The normalized spacial score (nSPS) is 20.4. The summed E-state index contributed by atoms with van der Waals surface area (Å²) in [6, 6.07) is 20.4. The van der Waals surface area contributed by atoms with E-state index in [1.54, 1.807) is 0 Å². The van der Waals surface area contributed by atoms with Gasteiger partial charge in [0.25, 0.3) is 0 Å². The van der Waals surface area contributed by atoms with E-state index in [4.69, 9.17) is 14.2 Å². The summed E-state index contributed by atoms with van der Waals surface area (Å²) >= 11 is 0. The Morgan fingerprint density at radius 3 is 1.52 bits per heavy atom.